The normalized spacial score (nSPS) is 14.3. The monoisotopic (exact) mass is 296 g/mol. The molecule has 114 valence electrons. The summed E-state index contributed by atoms with van der Waals surface area (Å²) in [6, 6.07) is 0. The van der Waals surface area contributed by atoms with Gasteiger partial charge in [0, 0.05) is 6.54 Å². The molecule has 0 aromatic rings. The van der Waals surface area contributed by atoms with Crippen molar-refractivity contribution in [1.82, 2.24) is 10.2 Å². The second-order valence-corrected chi connectivity index (χ2v) is 7.46. The molecule has 0 radical (unpaired) electrons. The summed E-state index contributed by atoms with van der Waals surface area (Å²) >= 11 is 0. The molecular weight excluding hydrogens is 272 g/mol. The highest BCUT2D eigenvalue weighted by Crippen LogP contribution is 2.08. The minimum Gasteiger partial charge on any atom is -0.442 e. The quantitative estimate of drug-likeness (QED) is 0.714. The van der Waals surface area contributed by atoms with Gasteiger partial charge in [0.1, 0.15) is 11.7 Å². The van der Waals surface area contributed by atoms with E-state index < -0.39 is 27.8 Å². The van der Waals surface area contributed by atoms with Crippen molar-refractivity contribution >= 4 is 16.1 Å². The van der Waals surface area contributed by atoms with Gasteiger partial charge in [-0.3, -0.25) is 4.84 Å². The topological polar surface area (TPSA) is 93.7 Å². The Bertz CT molecular complexity index is 386. The fraction of sp³-hybridized carbons (Fsp3) is 0.909. The van der Waals surface area contributed by atoms with E-state index in [0.29, 0.717) is 0 Å². The fourth-order valence-electron chi connectivity index (χ4n) is 1.07. The van der Waals surface area contributed by atoms with E-state index in [-0.39, 0.29) is 12.5 Å². The standard InChI is InChI=1S/C11H24N2O5S/c1-8(2)9(7-12-19(6,15)16)18-13-10(14)17-11(3,4)5/h8-9,12H,7H2,1-6H3,(H,13,14). The van der Waals surface area contributed by atoms with Gasteiger partial charge in [-0.05, 0) is 26.7 Å². The van der Waals surface area contributed by atoms with E-state index in [4.69, 9.17) is 9.57 Å². The summed E-state index contributed by atoms with van der Waals surface area (Å²) in [5, 5.41) is 0. The van der Waals surface area contributed by atoms with Crippen LogP contribution in [-0.4, -0.2) is 39.0 Å². The van der Waals surface area contributed by atoms with E-state index >= 15 is 0 Å². The Kier molecular flexibility index (Phi) is 6.74. The molecular formula is C11H24N2O5S. The number of ether oxygens (including phenoxy) is 1. The summed E-state index contributed by atoms with van der Waals surface area (Å²) in [4.78, 5) is 16.5. The van der Waals surface area contributed by atoms with E-state index in [1.807, 2.05) is 13.8 Å². The summed E-state index contributed by atoms with van der Waals surface area (Å²) in [5.74, 6) is 0.0178. The molecule has 0 spiro atoms. The fourth-order valence-corrected chi connectivity index (χ4v) is 1.54. The maximum absolute atomic E-state index is 11.4. The zero-order valence-electron chi connectivity index (χ0n) is 12.3. The van der Waals surface area contributed by atoms with Crippen LogP contribution in [0, 0.1) is 5.92 Å². The van der Waals surface area contributed by atoms with Crippen molar-refractivity contribution in [3.05, 3.63) is 0 Å². The largest absolute Gasteiger partial charge is 0.442 e. The Morgan fingerprint density at radius 2 is 1.79 bits per heavy atom. The van der Waals surface area contributed by atoms with Gasteiger partial charge in [0.25, 0.3) is 0 Å². The third-order valence-corrected chi connectivity index (χ3v) is 2.67. The van der Waals surface area contributed by atoms with Crippen molar-refractivity contribution in [2.24, 2.45) is 5.92 Å². The lowest BCUT2D eigenvalue weighted by molar-refractivity contribution is -0.0551. The lowest BCUT2D eigenvalue weighted by Gasteiger charge is -2.23. The van der Waals surface area contributed by atoms with Crippen molar-refractivity contribution in [2.45, 2.75) is 46.3 Å². The molecule has 2 N–H and O–H groups in total. The van der Waals surface area contributed by atoms with Crippen LogP contribution in [0.4, 0.5) is 4.79 Å². The first-order valence-corrected chi connectivity index (χ1v) is 7.89. The van der Waals surface area contributed by atoms with E-state index in [1.54, 1.807) is 20.8 Å². The number of hydrogen-bond donors (Lipinski definition) is 2. The van der Waals surface area contributed by atoms with Crippen molar-refractivity contribution in [3.63, 3.8) is 0 Å². The molecule has 0 saturated carbocycles. The molecule has 0 heterocycles. The Morgan fingerprint density at radius 1 is 1.26 bits per heavy atom. The van der Waals surface area contributed by atoms with Crippen LogP contribution < -0.4 is 10.2 Å². The van der Waals surface area contributed by atoms with Gasteiger partial charge in [-0.2, -0.15) is 5.48 Å². The van der Waals surface area contributed by atoms with Gasteiger partial charge < -0.3 is 4.74 Å². The number of carbonyl (C=O) groups excluding carboxylic acids is 1. The molecule has 0 aromatic carbocycles. The molecule has 0 aliphatic rings. The highest BCUT2D eigenvalue weighted by Gasteiger charge is 2.20. The zero-order valence-corrected chi connectivity index (χ0v) is 13.1. The van der Waals surface area contributed by atoms with Crippen molar-refractivity contribution in [2.75, 3.05) is 12.8 Å². The average Bonchev–Trinajstić information content (AvgIpc) is 2.11. The molecule has 0 bridgehead atoms. The van der Waals surface area contributed by atoms with Gasteiger partial charge in [-0.1, -0.05) is 13.8 Å². The SMILES string of the molecule is CC(C)C(CNS(C)(=O)=O)ONC(=O)OC(C)(C)C. The van der Waals surface area contributed by atoms with Crippen LogP contribution in [0.15, 0.2) is 0 Å². The maximum Gasteiger partial charge on any atom is 0.431 e. The summed E-state index contributed by atoms with van der Waals surface area (Å²) < 4.78 is 29.3. The Balaban J connectivity index is 4.26. The first-order chi connectivity index (χ1) is 8.41. The molecule has 19 heavy (non-hydrogen) atoms. The number of carbonyl (C=O) groups is 1. The van der Waals surface area contributed by atoms with Crippen molar-refractivity contribution < 1.29 is 22.8 Å². The van der Waals surface area contributed by atoms with E-state index in [2.05, 4.69) is 10.2 Å². The maximum atomic E-state index is 11.4. The van der Waals surface area contributed by atoms with E-state index in [1.165, 1.54) is 0 Å². The van der Waals surface area contributed by atoms with Gasteiger partial charge in [0.2, 0.25) is 10.0 Å². The van der Waals surface area contributed by atoms with Gasteiger partial charge in [-0.25, -0.2) is 17.9 Å². The Hall–Kier alpha value is -0.860. The molecule has 1 atom stereocenters. The molecule has 0 aliphatic heterocycles. The van der Waals surface area contributed by atoms with Crippen LogP contribution in [-0.2, 0) is 19.6 Å². The predicted molar refractivity (Wildman–Crippen MR) is 71.9 cm³/mol. The second-order valence-electron chi connectivity index (χ2n) is 5.62. The van der Waals surface area contributed by atoms with Gasteiger partial charge in [0.15, 0.2) is 0 Å². The third-order valence-electron chi connectivity index (χ3n) is 1.98. The van der Waals surface area contributed by atoms with Crippen LogP contribution in [0.5, 0.6) is 0 Å². The average molecular weight is 296 g/mol. The summed E-state index contributed by atoms with van der Waals surface area (Å²) in [7, 11) is -3.29. The number of nitrogens with one attached hydrogen (secondary N) is 2. The van der Waals surface area contributed by atoms with Crippen LogP contribution >= 0.6 is 0 Å². The molecule has 8 heteroatoms. The minimum absolute atomic E-state index is 0.0178. The van der Waals surface area contributed by atoms with Crippen molar-refractivity contribution in [3.8, 4) is 0 Å². The lowest BCUT2D eigenvalue weighted by Crippen LogP contribution is -2.42. The van der Waals surface area contributed by atoms with Gasteiger partial charge in [-0.15, -0.1) is 0 Å². The number of hydrogen-bond acceptors (Lipinski definition) is 5. The van der Waals surface area contributed by atoms with Gasteiger partial charge in [0.05, 0.1) is 6.26 Å². The summed E-state index contributed by atoms with van der Waals surface area (Å²) in [6.45, 7) is 8.98. The van der Waals surface area contributed by atoms with E-state index in [9.17, 15) is 13.2 Å². The molecule has 0 aliphatic carbocycles. The van der Waals surface area contributed by atoms with Crippen LogP contribution in [0.3, 0.4) is 0 Å². The Morgan fingerprint density at radius 3 is 2.16 bits per heavy atom. The molecule has 0 fully saturated rings. The number of rotatable bonds is 6. The first-order valence-electron chi connectivity index (χ1n) is 6.00. The lowest BCUT2D eigenvalue weighted by atomic mass is 10.1. The number of hydroxylamine groups is 1. The van der Waals surface area contributed by atoms with Crippen LogP contribution in [0.1, 0.15) is 34.6 Å². The molecule has 0 aromatic heterocycles. The number of sulfonamides is 1. The molecule has 0 rings (SSSR count). The summed E-state index contributed by atoms with van der Waals surface area (Å²) in [6.07, 6.45) is -0.133. The predicted octanol–water partition coefficient (Wildman–Crippen LogP) is 1.02. The zero-order chi connectivity index (χ0) is 15.3. The molecule has 7 nitrogen and oxygen atoms in total. The van der Waals surface area contributed by atoms with E-state index in [0.717, 1.165) is 6.26 Å². The first kappa shape index (κ1) is 18.1. The van der Waals surface area contributed by atoms with Crippen LogP contribution in [0.25, 0.3) is 0 Å². The minimum atomic E-state index is -3.29. The molecule has 0 saturated heterocycles. The molecule has 1 unspecified atom stereocenters. The third kappa shape index (κ3) is 10.7. The van der Waals surface area contributed by atoms with Crippen LogP contribution in [0.2, 0.25) is 0 Å². The summed E-state index contributed by atoms with van der Waals surface area (Å²) in [5.41, 5.74) is 1.54. The highest BCUT2D eigenvalue weighted by atomic mass is 32.2. The number of amides is 1. The second kappa shape index (κ2) is 7.06. The van der Waals surface area contributed by atoms with Gasteiger partial charge >= 0.3 is 6.09 Å². The highest BCUT2D eigenvalue weighted by molar-refractivity contribution is 7.88. The smallest absolute Gasteiger partial charge is 0.431 e. The van der Waals surface area contributed by atoms with Crippen molar-refractivity contribution in [1.29, 1.82) is 0 Å². The Labute approximate surface area is 115 Å². The molecule has 1 amide bonds.